The van der Waals surface area contributed by atoms with E-state index in [2.05, 4.69) is 12.1 Å². The lowest BCUT2D eigenvalue weighted by Crippen LogP contribution is -2.35. The molecular formula is C14H19ClO2. The lowest BCUT2D eigenvalue weighted by molar-refractivity contribution is 0.0575. The Kier molecular flexibility index (Phi) is 4.30. The first kappa shape index (κ1) is 12.7. The molecule has 0 N–H and O–H groups in total. The molecule has 1 fully saturated rings. The van der Waals surface area contributed by atoms with Gasteiger partial charge in [0, 0.05) is 24.5 Å². The highest BCUT2D eigenvalue weighted by atomic mass is 35.5. The zero-order chi connectivity index (χ0) is 12.1. The van der Waals surface area contributed by atoms with Crippen LogP contribution >= 0.6 is 11.6 Å². The van der Waals surface area contributed by atoms with Crippen molar-refractivity contribution in [2.45, 2.75) is 25.2 Å². The molecule has 0 bridgehead atoms. The fourth-order valence-electron chi connectivity index (χ4n) is 2.33. The van der Waals surface area contributed by atoms with Gasteiger partial charge in [0.2, 0.25) is 0 Å². The molecule has 0 aromatic heterocycles. The second-order valence-corrected chi connectivity index (χ2v) is 4.75. The highest BCUT2D eigenvalue weighted by Gasteiger charge is 2.33. The molecule has 0 spiro atoms. The Balaban J connectivity index is 2.18. The molecule has 0 saturated carbocycles. The first-order valence-corrected chi connectivity index (χ1v) is 6.71. The van der Waals surface area contributed by atoms with Gasteiger partial charge in [0.05, 0.1) is 6.61 Å². The van der Waals surface area contributed by atoms with Gasteiger partial charge in [-0.25, -0.2) is 0 Å². The van der Waals surface area contributed by atoms with E-state index in [1.807, 2.05) is 19.1 Å². The maximum Gasteiger partial charge on any atom is 0.119 e. The third kappa shape index (κ3) is 2.75. The van der Waals surface area contributed by atoms with E-state index in [0.29, 0.717) is 12.5 Å². The van der Waals surface area contributed by atoms with Crippen LogP contribution in [0, 0.1) is 0 Å². The van der Waals surface area contributed by atoms with E-state index in [0.717, 1.165) is 31.8 Å². The molecule has 0 unspecified atom stereocenters. The molecule has 1 aromatic rings. The Morgan fingerprint density at radius 3 is 2.41 bits per heavy atom. The van der Waals surface area contributed by atoms with Gasteiger partial charge in [-0.3, -0.25) is 0 Å². The van der Waals surface area contributed by atoms with Crippen molar-refractivity contribution >= 4 is 11.6 Å². The van der Waals surface area contributed by atoms with E-state index in [9.17, 15) is 0 Å². The van der Waals surface area contributed by atoms with Crippen LogP contribution in [-0.4, -0.2) is 25.7 Å². The maximum atomic E-state index is 6.19. The van der Waals surface area contributed by atoms with Crippen molar-refractivity contribution in [1.82, 2.24) is 0 Å². The molecule has 1 aliphatic rings. The summed E-state index contributed by atoms with van der Waals surface area (Å²) in [4.78, 5) is 0. The molecule has 2 rings (SSSR count). The van der Waals surface area contributed by atoms with Crippen LogP contribution in [0.3, 0.4) is 0 Å². The Hall–Kier alpha value is -0.730. The van der Waals surface area contributed by atoms with E-state index in [1.165, 1.54) is 5.56 Å². The minimum absolute atomic E-state index is 0.0878. The predicted molar refractivity (Wildman–Crippen MR) is 70.1 cm³/mol. The largest absolute Gasteiger partial charge is 0.494 e. The monoisotopic (exact) mass is 254 g/mol. The zero-order valence-electron chi connectivity index (χ0n) is 10.2. The van der Waals surface area contributed by atoms with Crippen molar-refractivity contribution in [3.63, 3.8) is 0 Å². The van der Waals surface area contributed by atoms with Crippen LogP contribution in [-0.2, 0) is 10.2 Å². The van der Waals surface area contributed by atoms with Crippen molar-refractivity contribution < 1.29 is 9.47 Å². The molecule has 0 aliphatic carbocycles. The fraction of sp³-hybridized carbons (Fsp3) is 0.571. The quantitative estimate of drug-likeness (QED) is 0.767. The SMILES string of the molecule is CCOc1ccc(C2(CCl)CCOCC2)cc1. The summed E-state index contributed by atoms with van der Waals surface area (Å²) in [7, 11) is 0. The fourth-order valence-corrected chi connectivity index (χ4v) is 2.75. The lowest BCUT2D eigenvalue weighted by Gasteiger charge is -2.36. The third-order valence-electron chi connectivity index (χ3n) is 3.48. The van der Waals surface area contributed by atoms with Crippen LogP contribution in [0.2, 0.25) is 0 Å². The molecule has 1 aliphatic heterocycles. The Bertz CT molecular complexity index is 342. The molecule has 0 amide bonds. The van der Waals surface area contributed by atoms with Crippen molar-refractivity contribution in [2.75, 3.05) is 25.7 Å². The zero-order valence-corrected chi connectivity index (χ0v) is 11.0. The molecule has 1 heterocycles. The first-order chi connectivity index (χ1) is 8.30. The summed E-state index contributed by atoms with van der Waals surface area (Å²) in [5.74, 6) is 1.58. The third-order valence-corrected chi connectivity index (χ3v) is 3.99. The smallest absolute Gasteiger partial charge is 0.119 e. The van der Waals surface area contributed by atoms with Gasteiger partial charge < -0.3 is 9.47 Å². The summed E-state index contributed by atoms with van der Waals surface area (Å²) >= 11 is 6.19. The van der Waals surface area contributed by atoms with Crippen LogP contribution in [0.4, 0.5) is 0 Å². The minimum Gasteiger partial charge on any atom is -0.494 e. The van der Waals surface area contributed by atoms with Crippen LogP contribution in [0.15, 0.2) is 24.3 Å². The number of benzene rings is 1. The first-order valence-electron chi connectivity index (χ1n) is 6.18. The number of ether oxygens (including phenoxy) is 2. The molecule has 1 aromatic carbocycles. The number of alkyl halides is 1. The molecule has 17 heavy (non-hydrogen) atoms. The van der Waals surface area contributed by atoms with Crippen LogP contribution in [0.5, 0.6) is 5.75 Å². The average molecular weight is 255 g/mol. The van der Waals surface area contributed by atoms with E-state index >= 15 is 0 Å². The van der Waals surface area contributed by atoms with E-state index < -0.39 is 0 Å². The lowest BCUT2D eigenvalue weighted by atomic mass is 9.76. The van der Waals surface area contributed by atoms with Crippen molar-refractivity contribution in [3.05, 3.63) is 29.8 Å². The Morgan fingerprint density at radius 2 is 1.88 bits per heavy atom. The molecule has 2 nitrogen and oxygen atoms in total. The standard InChI is InChI=1S/C14H19ClO2/c1-2-17-13-5-3-12(4-6-13)14(11-15)7-9-16-10-8-14/h3-6H,2,7-11H2,1H3. The summed E-state index contributed by atoms with van der Waals surface area (Å²) < 4.78 is 10.9. The predicted octanol–water partition coefficient (Wildman–Crippen LogP) is 3.37. The second kappa shape index (κ2) is 5.74. The van der Waals surface area contributed by atoms with E-state index in [1.54, 1.807) is 0 Å². The maximum absolute atomic E-state index is 6.19. The number of hydrogen-bond donors (Lipinski definition) is 0. The van der Waals surface area contributed by atoms with E-state index in [4.69, 9.17) is 21.1 Å². The Morgan fingerprint density at radius 1 is 1.24 bits per heavy atom. The second-order valence-electron chi connectivity index (χ2n) is 4.48. The normalized spacial score (nSPS) is 18.9. The van der Waals surface area contributed by atoms with E-state index in [-0.39, 0.29) is 5.41 Å². The molecule has 3 heteroatoms. The van der Waals surface area contributed by atoms with Crippen molar-refractivity contribution in [1.29, 1.82) is 0 Å². The summed E-state index contributed by atoms with van der Waals surface area (Å²) in [5.41, 5.74) is 1.39. The minimum atomic E-state index is 0.0878. The van der Waals surface area contributed by atoms with Gasteiger partial charge in [-0.2, -0.15) is 0 Å². The van der Waals surface area contributed by atoms with Crippen molar-refractivity contribution in [2.24, 2.45) is 0 Å². The average Bonchev–Trinajstić information content (AvgIpc) is 2.41. The highest BCUT2D eigenvalue weighted by Crippen LogP contribution is 2.36. The summed E-state index contributed by atoms with van der Waals surface area (Å²) in [6.07, 6.45) is 2.01. The molecule has 0 atom stereocenters. The van der Waals surface area contributed by atoms with Crippen molar-refractivity contribution in [3.8, 4) is 5.75 Å². The van der Waals surface area contributed by atoms with Crippen LogP contribution in [0.1, 0.15) is 25.3 Å². The highest BCUT2D eigenvalue weighted by molar-refractivity contribution is 6.18. The van der Waals surface area contributed by atoms with Gasteiger partial charge in [-0.15, -0.1) is 11.6 Å². The summed E-state index contributed by atoms with van der Waals surface area (Å²) in [5, 5.41) is 0. The van der Waals surface area contributed by atoms with Gasteiger partial charge in [-0.05, 0) is 37.5 Å². The molecular weight excluding hydrogens is 236 g/mol. The number of hydrogen-bond acceptors (Lipinski definition) is 2. The van der Waals surface area contributed by atoms with Crippen LogP contribution in [0.25, 0.3) is 0 Å². The van der Waals surface area contributed by atoms with Gasteiger partial charge >= 0.3 is 0 Å². The molecule has 0 radical (unpaired) electrons. The Labute approximate surface area is 108 Å². The number of halogens is 1. The van der Waals surface area contributed by atoms with Gasteiger partial charge in [0.25, 0.3) is 0 Å². The number of rotatable bonds is 4. The molecule has 94 valence electrons. The van der Waals surface area contributed by atoms with Crippen LogP contribution < -0.4 is 4.74 Å². The summed E-state index contributed by atoms with van der Waals surface area (Å²) in [6.45, 7) is 4.31. The topological polar surface area (TPSA) is 18.5 Å². The van der Waals surface area contributed by atoms with Gasteiger partial charge in [-0.1, -0.05) is 12.1 Å². The van der Waals surface area contributed by atoms with Gasteiger partial charge in [0.15, 0.2) is 0 Å². The van der Waals surface area contributed by atoms with Gasteiger partial charge in [0.1, 0.15) is 5.75 Å². The molecule has 1 saturated heterocycles. The summed E-state index contributed by atoms with van der Waals surface area (Å²) in [6, 6.07) is 8.34.